The molecule has 2 amide bonds. The van der Waals surface area contributed by atoms with Crippen LogP contribution in [0.1, 0.15) is 34.8 Å². The number of ether oxygens (including phenoxy) is 1. The van der Waals surface area contributed by atoms with E-state index in [4.69, 9.17) is 4.74 Å². The number of amides is 2. The molecule has 5 rings (SSSR count). The molecule has 0 aliphatic carbocycles. The third-order valence-corrected chi connectivity index (χ3v) is 6.98. The minimum atomic E-state index is -0.206. The van der Waals surface area contributed by atoms with Crippen LogP contribution in [0.25, 0.3) is 16.6 Å². The average Bonchev–Trinajstić information content (AvgIpc) is 3.63. The van der Waals surface area contributed by atoms with E-state index in [-0.39, 0.29) is 17.9 Å². The van der Waals surface area contributed by atoms with Crippen molar-refractivity contribution in [3.8, 4) is 22.9 Å². The molecule has 0 saturated carbocycles. The summed E-state index contributed by atoms with van der Waals surface area (Å²) in [6.07, 6.45) is 10.0. The molecule has 10 nitrogen and oxygen atoms in total. The Morgan fingerprint density at radius 3 is 2.53 bits per heavy atom. The summed E-state index contributed by atoms with van der Waals surface area (Å²) in [5, 5.41) is 18.2. The number of anilines is 1. The summed E-state index contributed by atoms with van der Waals surface area (Å²) < 4.78 is 9.13. The number of likely N-dealkylation sites (N-methyl/N-ethyl adjacent to an activating group) is 1. The Morgan fingerprint density at radius 2 is 1.87 bits per heavy atom. The lowest BCUT2D eigenvalue weighted by Crippen LogP contribution is -2.39. The Kier molecular flexibility index (Phi) is 6.66. The van der Waals surface area contributed by atoms with Crippen molar-refractivity contribution in [2.24, 2.45) is 0 Å². The monoisotopic (exact) mass is 509 g/mol. The van der Waals surface area contributed by atoms with Gasteiger partial charge in [0.1, 0.15) is 22.9 Å². The summed E-state index contributed by atoms with van der Waals surface area (Å²) in [5.41, 5.74) is 4.18. The normalized spacial score (nSPS) is 13.8. The molecule has 1 aromatic carbocycles. The first-order valence-corrected chi connectivity index (χ1v) is 12.2. The molecule has 1 aliphatic heterocycles. The van der Waals surface area contributed by atoms with Crippen molar-refractivity contribution in [1.29, 1.82) is 5.26 Å². The number of pyridine rings is 1. The highest BCUT2D eigenvalue weighted by Gasteiger charge is 2.25. The molecule has 4 aromatic rings. The van der Waals surface area contributed by atoms with Gasteiger partial charge < -0.3 is 14.5 Å². The van der Waals surface area contributed by atoms with Crippen molar-refractivity contribution >= 4 is 23.0 Å². The van der Waals surface area contributed by atoms with E-state index in [2.05, 4.69) is 22.8 Å². The van der Waals surface area contributed by atoms with Crippen LogP contribution in [0.3, 0.4) is 0 Å². The van der Waals surface area contributed by atoms with Crippen LogP contribution in [-0.4, -0.2) is 63.4 Å². The van der Waals surface area contributed by atoms with Crippen molar-refractivity contribution < 1.29 is 14.3 Å². The lowest BCUT2D eigenvalue weighted by Gasteiger charge is -2.32. The summed E-state index contributed by atoms with van der Waals surface area (Å²) in [6.45, 7) is 4.75. The van der Waals surface area contributed by atoms with E-state index in [0.29, 0.717) is 41.2 Å². The summed E-state index contributed by atoms with van der Waals surface area (Å²) in [6, 6.07) is 11.2. The van der Waals surface area contributed by atoms with Crippen molar-refractivity contribution in [3.05, 3.63) is 78.9 Å². The zero-order chi connectivity index (χ0) is 26.8. The summed E-state index contributed by atoms with van der Waals surface area (Å²) >= 11 is 0. The predicted octanol–water partition coefficient (Wildman–Crippen LogP) is 3.70. The average molecular weight is 510 g/mol. The fourth-order valence-corrected chi connectivity index (χ4v) is 4.77. The van der Waals surface area contributed by atoms with Crippen LogP contribution in [0.15, 0.2) is 67.8 Å². The maximum absolute atomic E-state index is 13.1. The van der Waals surface area contributed by atoms with Gasteiger partial charge in [0, 0.05) is 54.9 Å². The van der Waals surface area contributed by atoms with Crippen LogP contribution in [0, 0.1) is 11.3 Å². The number of carbonyl (C=O) groups is 2. The number of fused-ring (bicyclic) bond motifs is 1. The molecular formula is C28H27N7O3. The Balaban J connectivity index is 1.25. The molecule has 1 aliphatic rings. The summed E-state index contributed by atoms with van der Waals surface area (Å²) in [4.78, 5) is 28.2. The Labute approximate surface area is 219 Å². The van der Waals surface area contributed by atoms with E-state index in [1.807, 2.05) is 34.2 Å². The summed E-state index contributed by atoms with van der Waals surface area (Å²) in [5.74, 6) is 0.343. The predicted molar refractivity (Wildman–Crippen MR) is 142 cm³/mol. The van der Waals surface area contributed by atoms with Gasteiger partial charge in [0.2, 0.25) is 5.91 Å². The van der Waals surface area contributed by atoms with Crippen LogP contribution < -0.4 is 9.64 Å². The third-order valence-electron chi connectivity index (χ3n) is 6.98. The van der Waals surface area contributed by atoms with Gasteiger partial charge in [-0.25, -0.2) is 4.52 Å². The lowest BCUT2D eigenvalue weighted by molar-refractivity contribution is -0.113. The molecule has 10 heteroatoms. The van der Waals surface area contributed by atoms with E-state index < -0.39 is 0 Å². The highest BCUT2D eigenvalue weighted by Crippen LogP contribution is 2.31. The number of nitrogens with zero attached hydrogens (tertiary/aromatic N) is 7. The van der Waals surface area contributed by atoms with Crippen molar-refractivity contribution in [1.82, 2.24) is 24.3 Å². The van der Waals surface area contributed by atoms with Crippen LogP contribution in [0.5, 0.6) is 5.75 Å². The van der Waals surface area contributed by atoms with E-state index in [9.17, 15) is 14.9 Å². The lowest BCUT2D eigenvalue weighted by atomic mass is 10.0. The van der Waals surface area contributed by atoms with E-state index in [1.54, 1.807) is 42.9 Å². The fraction of sp³-hybridized carbons (Fsp3) is 0.250. The first-order chi connectivity index (χ1) is 18.4. The molecule has 0 atom stereocenters. The molecule has 38 heavy (non-hydrogen) atoms. The van der Waals surface area contributed by atoms with Gasteiger partial charge in [0.15, 0.2) is 0 Å². The Hall–Kier alpha value is -4.91. The number of hydrogen-bond acceptors (Lipinski definition) is 6. The van der Waals surface area contributed by atoms with Gasteiger partial charge in [-0.15, -0.1) is 0 Å². The van der Waals surface area contributed by atoms with Gasteiger partial charge in [-0.3, -0.25) is 14.3 Å². The first kappa shape index (κ1) is 24.8. The molecule has 192 valence electrons. The molecule has 0 N–H and O–H groups in total. The minimum absolute atomic E-state index is 0.0230. The molecule has 0 spiro atoms. The van der Waals surface area contributed by atoms with E-state index in [0.717, 1.165) is 24.0 Å². The van der Waals surface area contributed by atoms with Crippen LogP contribution in [0.2, 0.25) is 0 Å². The zero-order valence-corrected chi connectivity index (χ0v) is 21.2. The number of benzene rings is 1. The molecule has 3 aromatic heterocycles. The third kappa shape index (κ3) is 4.50. The first-order valence-electron chi connectivity index (χ1n) is 12.2. The van der Waals surface area contributed by atoms with Crippen molar-refractivity contribution in [2.75, 3.05) is 32.1 Å². The highest BCUT2D eigenvalue weighted by molar-refractivity contribution is 6.01. The van der Waals surface area contributed by atoms with Crippen LogP contribution in [-0.2, 0) is 4.79 Å². The number of carbonyl (C=O) groups excluding carboxylic acids is 2. The quantitative estimate of drug-likeness (QED) is 0.367. The standard InChI is InChI=1S/C28H27N7O3/c1-4-26(36)32(2)23-7-5-19(6-8-23)28(37)33-11-9-24(10-12-33)34-18-22(16-30-34)20-13-25(38-3)27-21(14-29)15-31-35(27)17-20/h4-8,13,15-18,24H,1,9-12H2,2-3H3. The highest BCUT2D eigenvalue weighted by atomic mass is 16.5. The number of piperidine rings is 1. The second kappa shape index (κ2) is 10.2. The molecule has 4 heterocycles. The molecule has 0 bridgehead atoms. The topological polar surface area (TPSA) is 109 Å². The number of rotatable bonds is 6. The van der Waals surface area contributed by atoms with Crippen LogP contribution in [0.4, 0.5) is 5.69 Å². The molecule has 0 radical (unpaired) electrons. The Morgan fingerprint density at radius 1 is 1.13 bits per heavy atom. The zero-order valence-electron chi connectivity index (χ0n) is 21.2. The number of methoxy groups -OCH3 is 1. The molecule has 1 saturated heterocycles. The van der Waals surface area contributed by atoms with Crippen molar-refractivity contribution in [2.45, 2.75) is 18.9 Å². The van der Waals surface area contributed by atoms with E-state index in [1.165, 1.54) is 17.2 Å². The van der Waals surface area contributed by atoms with Gasteiger partial charge in [-0.1, -0.05) is 6.58 Å². The number of hydrogen-bond donors (Lipinski definition) is 0. The minimum Gasteiger partial charge on any atom is -0.494 e. The summed E-state index contributed by atoms with van der Waals surface area (Å²) in [7, 11) is 3.24. The molecule has 1 fully saturated rings. The van der Waals surface area contributed by atoms with Crippen molar-refractivity contribution in [3.63, 3.8) is 0 Å². The number of aromatic nitrogens is 4. The largest absolute Gasteiger partial charge is 0.494 e. The van der Waals surface area contributed by atoms with Crippen LogP contribution >= 0.6 is 0 Å². The van der Waals surface area contributed by atoms with Gasteiger partial charge in [-0.2, -0.15) is 15.5 Å². The second-order valence-corrected chi connectivity index (χ2v) is 9.14. The van der Waals surface area contributed by atoms with E-state index >= 15 is 0 Å². The SMILES string of the molecule is C=CC(=O)N(C)c1ccc(C(=O)N2CCC(n3cc(-c4cc(OC)c5c(C#N)cnn5c4)cn3)CC2)cc1. The fourth-order valence-electron chi connectivity index (χ4n) is 4.77. The number of likely N-dealkylation sites (tertiary alicyclic amines) is 1. The maximum atomic E-state index is 13.1. The molecular weight excluding hydrogens is 482 g/mol. The number of nitriles is 1. The second-order valence-electron chi connectivity index (χ2n) is 9.14. The Bertz CT molecular complexity index is 1550. The van der Waals surface area contributed by atoms with Gasteiger partial charge in [0.05, 0.1) is 25.5 Å². The van der Waals surface area contributed by atoms with Gasteiger partial charge >= 0.3 is 0 Å². The van der Waals surface area contributed by atoms with Gasteiger partial charge in [0.25, 0.3) is 5.91 Å². The van der Waals surface area contributed by atoms with Gasteiger partial charge in [-0.05, 0) is 49.2 Å². The smallest absolute Gasteiger partial charge is 0.253 e. The molecule has 0 unspecified atom stereocenters. The maximum Gasteiger partial charge on any atom is 0.253 e.